The minimum atomic E-state index is -0.0875. The van der Waals surface area contributed by atoms with Gasteiger partial charge in [0.1, 0.15) is 5.75 Å². The highest BCUT2D eigenvalue weighted by molar-refractivity contribution is 5.92. The fourth-order valence-corrected chi connectivity index (χ4v) is 3.15. The molecule has 1 aromatic heterocycles. The molecule has 0 spiro atoms. The molecule has 2 aromatic rings. The minimum Gasteiger partial charge on any atom is -0.495 e. The van der Waals surface area contributed by atoms with Crippen molar-refractivity contribution in [3.05, 3.63) is 36.2 Å². The molecule has 1 atom stereocenters. The highest BCUT2D eigenvalue weighted by atomic mass is 16.5. The third-order valence-electron chi connectivity index (χ3n) is 4.43. The summed E-state index contributed by atoms with van der Waals surface area (Å²) in [5.74, 6) is 0.759. The molecule has 0 radical (unpaired) electrons. The lowest BCUT2D eigenvalue weighted by Gasteiger charge is -2.41. The number of nitrogens with zero attached hydrogens (tertiary/aromatic N) is 5. The maximum Gasteiger partial charge on any atom is 0.276 e. The van der Waals surface area contributed by atoms with Crippen molar-refractivity contribution in [2.45, 2.75) is 19.5 Å². The van der Waals surface area contributed by atoms with Gasteiger partial charge in [0.05, 0.1) is 25.5 Å². The third kappa shape index (κ3) is 3.58. The van der Waals surface area contributed by atoms with Gasteiger partial charge in [0.25, 0.3) is 5.91 Å². The highest BCUT2D eigenvalue weighted by Gasteiger charge is 2.30. The standard InChI is InChI=1S/C17H24N6O2/c1-13-11-21(15-5-3-4-6-16(15)25-2)9-10-23(13)17(24)14-12-22(8-7-18)20-19-14/h3-6,12-13H,7-11,18H2,1-2H3/t13-/m0/s1. The van der Waals surface area contributed by atoms with E-state index in [4.69, 9.17) is 10.5 Å². The number of carbonyl (C=O) groups excluding carboxylic acids is 1. The molecule has 1 fully saturated rings. The number of nitrogens with two attached hydrogens (primary N) is 1. The SMILES string of the molecule is COc1ccccc1N1CCN(C(=O)c2cn(CCN)nn2)[C@@H](C)C1. The Morgan fingerprint density at radius 2 is 2.16 bits per heavy atom. The second kappa shape index (κ2) is 7.52. The largest absolute Gasteiger partial charge is 0.495 e. The summed E-state index contributed by atoms with van der Waals surface area (Å²) in [5.41, 5.74) is 6.93. The Balaban J connectivity index is 1.69. The number of para-hydroxylation sites is 2. The van der Waals surface area contributed by atoms with Crippen LogP contribution in [-0.2, 0) is 6.54 Å². The Kier molecular flexibility index (Phi) is 5.18. The molecule has 1 saturated heterocycles. The number of methoxy groups -OCH3 is 1. The van der Waals surface area contributed by atoms with Gasteiger partial charge >= 0.3 is 0 Å². The van der Waals surface area contributed by atoms with Crippen molar-refractivity contribution < 1.29 is 9.53 Å². The summed E-state index contributed by atoms with van der Waals surface area (Å²) in [4.78, 5) is 16.8. The lowest BCUT2D eigenvalue weighted by Crippen LogP contribution is -2.54. The minimum absolute atomic E-state index is 0.0609. The number of anilines is 1. The Hall–Kier alpha value is -2.61. The van der Waals surface area contributed by atoms with Crippen molar-refractivity contribution in [1.82, 2.24) is 19.9 Å². The van der Waals surface area contributed by atoms with Gasteiger partial charge in [-0.15, -0.1) is 5.10 Å². The molecule has 0 aliphatic carbocycles. The molecule has 0 saturated carbocycles. The van der Waals surface area contributed by atoms with Crippen LogP contribution in [0.5, 0.6) is 5.75 Å². The van der Waals surface area contributed by atoms with Crippen molar-refractivity contribution in [1.29, 1.82) is 0 Å². The van der Waals surface area contributed by atoms with E-state index in [0.717, 1.165) is 24.5 Å². The van der Waals surface area contributed by atoms with Crippen LogP contribution in [0.2, 0.25) is 0 Å². The molecule has 2 N–H and O–H groups in total. The van der Waals surface area contributed by atoms with E-state index in [2.05, 4.69) is 15.2 Å². The molecule has 8 nitrogen and oxygen atoms in total. The molecule has 0 bridgehead atoms. The van der Waals surface area contributed by atoms with Crippen molar-refractivity contribution in [2.24, 2.45) is 5.73 Å². The molecule has 1 aliphatic rings. The van der Waals surface area contributed by atoms with Gasteiger partial charge < -0.3 is 20.3 Å². The molecular weight excluding hydrogens is 320 g/mol. The van der Waals surface area contributed by atoms with Crippen LogP contribution in [-0.4, -0.2) is 65.1 Å². The first-order valence-electron chi connectivity index (χ1n) is 8.43. The van der Waals surface area contributed by atoms with Gasteiger partial charge in [0.2, 0.25) is 0 Å². The van der Waals surface area contributed by atoms with Crippen LogP contribution in [0.3, 0.4) is 0 Å². The maximum absolute atomic E-state index is 12.7. The molecule has 1 aliphatic heterocycles. The zero-order chi connectivity index (χ0) is 17.8. The lowest BCUT2D eigenvalue weighted by molar-refractivity contribution is 0.0667. The number of rotatable bonds is 5. The average molecular weight is 344 g/mol. The topological polar surface area (TPSA) is 89.5 Å². The van der Waals surface area contributed by atoms with Crippen LogP contribution in [0.1, 0.15) is 17.4 Å². The van der Waals surface area contributed by atoms with E-state index in [-0.39, 0.29) is 11.9 Å². The molecule has 1 aromatic carbocycles. The number of hydrogen-bond donors (Lipinski definition) is 1. The number of aromatic nitrogens is 3. The van der Waals surface area contributed by atoms with Crippen LogP contribution < -0.4 is 15.4 Å². The Morgan fingerprint density at radius 1 is 1.36 bits per heavy atom. The van der Waals surface area contributed by atoms with E-state index in [0.29, 0.717) is 25.3 Å². The maximum atomic E-state index is 12.7. The normalized spacial score (nSPS) is 17.6. The van der Waals surface area contributed by atoms with E-state index in [1.165, 1.54) is 0 Å². The average Bonchev–Trinajstić information content (AvgIpc) is 3.10. The Bertz CT molecular complexity index is 731. The molecule has 0 unspecified atom stereocenters. The summed E-state index contributed by atoms with van der Waals surface area (Å²) in [6.45, 7) is 5.17. The lowest BCUT2D eigenvalue weighted by atomic mass is 10.1. The van der Waals surface area contributed by atoms with E-state index >= 15 is 0 Å². The Labute approximate surface area is 147 Å². The molecule has 8 heteroatoms. The predicted molar refractivity (Wildman–Crippen MR) is 94.8 cm³/mol. The molecule has 2 heterocycles. The van der Waals surface area contributed by atoms with Gasteiger partial charge in [-0.05, 0) is 19.1 Å². The zero-order valence-corrected chi connectivity index (χ0v) is 14.6. The van der Waals surface area contributed by atoms with Gasteiger partial charge in [-0.2, -0.15) is 0 Å². The summed E-state index contributed by atoms with van der Waals surface area (Å²) in [5, 5.41) is 7.93. The molecule has 3 rings (SSSR count). The monoisotopic (exact) mass is 344 g/mol. The second-order valence-electron chi connectivity index (χ2n) is 6.12. The van der Waals surface area contributed by atoms with Gasteiger partial charge in [0.15, 0.2) is 5.69 Å². The number of ether oxygens (including phenoxy) is 1. The number of piperazine rings is 1. The van der Waals surface area contributed by atoms with Crippen LogP contribution >= 0.6 is 0 Å². The summed E-state index contributed by atoms with van der Waals surface area (Å²) in [6, 6.07) is 8.01. The zero-order valence-electron chi connectivity index (χ0n) is 14.6. The van der Waals surface area contributed by atoms with Gasteiger partial charge in [0, 0.05) is 32.2 Å². The third-order valence-corrected chi connectivity index (χ3v) is 4.43. The van der Waals surface area contributed by atoms with Gasteiger partial charge in [-0.3, -0.25) is 9.48 Å². The number of amides is 1. The first-order chi connectivity index (χ1) is 12.1. The summed E-state index contributed by atoms with van der Waals surface area (Å²) >= 11 is 0. The van der Waals surface area contributed by atoms with Crippen molar-refractivity contribution in [3.8, 4) is 5.75 Å². The quantitative estimate of drug-likeness (QED) is 0.854. The number of carbonyl (C=O) groups is 1. The van der Waals surface area contributed by atoms with Gasteiger partial charge in [-0.25, -0.2) is 0 Å². The van der Waals surface area contributed by atoms with Crippen molar-refractivity contribution in [2.75, 3.05) is 38.2 Å². The van der Waals surface area contributed by atoms with E-state index in [1.54, 1.807) is 18.0 Å². The first kappa shape index (κ1) is 17.2. The molecule has 25 heavy (non-hydrogen) atoms. The summed E-state index contributed by atoms with van der Waals surface area (Å²) in [7, 11) is 1.67. The molecular formula is C17H24N6O2. The number of benzene rings is 1. The predicted octanol–water partition coefficient (Wildman–Crippen LogP) is 0.596. The van der Waals surface area contributed by atoms with Crippen LogP contribution in [0, 0.1) is 0 Å². The fraction of sp³-hybridized carbons (Fsp3) is 0.471. The number of hydrogen-bond acceptors (Lipinski definition) is 6. The smallest absolute Gasteiger partial charge is 0.276 e. The van der Waals surface area contributed by atoms with Crippen molar-refractivity contribution >= 4 is 11.6 Å². The van der Waals surface area contributed by atoms with Crippen LogP contribution in [0.15, 0.2) is 30.5 Å². The van der Waals surface area contributed by atoms with Crippen LogP contribution in [0.4, 0.5) is 5.69 Å². The van der Waals surface area contributed by atoms with Crippen LogP contribution in [0.25, 0.3) is 0 Å². The Morgan fingerprint density at radius 3 is 2.88 bits per heavy atom. The van der Waals surface area contributed by atoms with Gasteiger partial charge in [-0.1, -0.05) is 17.3 Å². The second-order valence-corrected chi connectivity index (χ2v) is 6.12. The first-order valence-corrected chi connectivity index (χ1v) is 8.43. The molecule has 134 valence electrons. The molecule has 1 amide bonds. The van der Waals surface area contributed by atoms with E-state index in [9.17, 15) is 4.79 Å². The summed E-state index contributed by atoms with van der Waals surface area (Å²) in [6.07, 6.45) is 1.66. The fourth-order valence-electron chi connectivity index (χ4n) is 3.15. The van der Waals surface area contributed by atoms with E-state index in [1.807, 2.05) is 36.1 Å². The van der Waals surface area contributed by atoms with Crippen molar-refractivity contribution in [3.63, 3.8) is 0 Å². The summed E-state index contributed by atoms with van der Waals surface area (Å²) < 4.78 is 7.05. The van der Waals surface area contributed by atoms with E-state index < -0.39 is 0 Å². The highest BCUT2D eigenvalue weighted by Crippen LogP contribution is 2.29.